The van der Waals surface area contributed by atoms with Gasteiger partial charge in [0.2, 0.25) is 5.91 Å². The maximum Gasteiger partial charge on any atom is 0.222 e. The third kappa shape index (κ3) is 5.15. The molecule has 0 saturated heterocycles. The molecule has 2 N–H and O–H groups in total. The van der Waals surface area contributed by atoms with E-state index in [1.807, 2.05) is 24.3 Å². The maximum atomic E-state index is 12.0. The molecule has 2 aromatic carbocycles. The maximum absolute atomic E-state index is 12.0. The highest BCUT2D eigenvalue weighted by Gasteiger charge is 2.07. The van der Waals surface area contributed by atoms with Crippen molar-refractivity contribution < 1.29 is 14.3 Å². The van der Waals surface area contributed by atoms with Gasteiger partial charge in [-0.15, -0.1) is 0 Å². The summed E-state index contributed by atoms with van der Waals surface area (Å²) in [5, 5.41) is 15.0. The second-order valence-corrected chi connectivity index (χ2v) is 5.30. The van der Waals surface area contributed by atoms with Crippen LogP contribution in [0.15, 0.2) is 42.5 Å². The molecule has 0 spiro atoms. The topological polar surface area (TPSA) is 83.4 Å². The summed E-state index contributed by atoms with van der Waals surface area (Å²) >= 11 is 0. The van der Waals surface area contributed by atoms with Gasteiger partial charge in [0, 0.05) is 19.5 Å². The van der Waals surface area contributed by atoms with Crippen LogP contribution in [0.25, 0.3) is 0 Å². The number of hydrogen-bond acceptors (Lipinski definition) is 5. The van der Waals surface area contributed by atoms with Crippen LogP contribution in [0.3, 0.4) is 0 Å². The SMILES string of the molecule is COc1ccc(CNC(=O)CCNc2ccccc2C#N)cc1OC. The molecule has 25 heavy (non-hydrogen) atoms. The molecule has 0 atom stereocenters. The lowest BCUT2D eigenvalue weighted by molar-refractivity contribution is -0.121. The van der Waals surface area contributed by atoms with Crippen LogP contribution in [0.5, 0.6) is 11.5 Å². The molecule has 0 aliphatic heterocycles. The molecule has 0 saturated carbocycles. The number of carbonyl (C=O) groups is 1. The molecule has 6 heteroatoms. The van der Waals surface area contributed by atoms with Crippen molar-refractivity contribution in [3.05, 3.63) is 53.6 Å². The Morgan fingerprint density at radius 2 is 1.88 bits per heavy atom. The van der Waals surface area contributed by atoms with E-state index in [4.69, 9.17) is 14.7 Å². The molecule has 130 valence electrons. The zero-order chi connectivity index (χ0) is 18.1. The predicted molar refractivity (Wildman–Crippen MR) is 95.7 cm³/mol. The number of anilines is 1. The van der Waals surface area contributed by atoms with Crippen LogP contribution in [0.4, 0.5) is 5.69 Å². The molecule has 0 radical (unpaired) electrons. The lowest BCUT2D eigenvalue weighted by atomic mass is 10.2. The molecular weight excluding hydrogens is 318 g/mol. The molecular formula is C19H21N3O3. The Morgan fingerprint density at radius 1 is 1.12 bits per heavy atom. The number of methoxy groups -OCH3 is 2. The number of nitrogens with zero attached hydrogens (tertiary/aromatic N) is 1. The van der Waals surface area contributed by atoms with Crippen molar-refractivity contribution in [3.8, 4) is 17.6 Å². The lowest BCUT2D eigenvalue weighted by Crippen LogP contribution is -2.25. The van der Waals surface area contributed by atoms with Gasteiger partial charge >= 0.3 is 0 Å². The standard InChI is InChI=1S/C19H21N3O3/c1-24-17-8-7-14(11-18(17)25-2)13-22-19(23)9-10-21-16-6-4-3-5-15(16)12-20/h3-8,11,21H,9-10,13H2,1-2H3,(H,22,23). The molecule has 0 unspecified atom stereocenters. The number of ether oxygens (including phenoxy) is 2. The fourth-order valence-corrected chi connectivity index (χ4v) is 2.33. The number of nitrogens with one attached hydrogen (secondary N) is 2. The number of benzene rings is 2. The summed E-state index contributed by atoms with van der Waals surface area (Å²) < 4.78 is 10.4. The Bertz CT molecular complexity index is 769. The highest BCUT2D eigenvalue weighted by molar-refractivity contribution is 5.76. The average Bonchev–Trinajstić information content (AvgIpc) is 2.66. The van der Waals surface area contributed by atoms with Crippen molar-refractivity contribution in [2.75, 3.05) is 26.1 Å². The van der Waals surface area contributed by atoms with Gasteiger partial charge in [0.15, 0.2) is 11.5 Å². The van der Waals surface area contributed by atoms with Gasteiger partial charge in [0.25, 0.3) is 0 Å². The van der Waals surface area contributed by atoms with Crippen molar-refractivity contribution in [1.82, 2.24) is 5.32 Å². The van der Waals surface area contributed by atoms with Gasteiger partial charge < -0.3 is 20.1 Å². The van der Waals surface area contributed by atoms with Crippen LogP contribution in [-0.4, -0.2) is 26.7 Å². The molecule has 0 heterocycles. The van der Waals surface area contributed by atoms with Crippen LogP contribution < -0.4 is 20.1 Å². The predicted octanol–water partition coefficient (Wildman–Crippen LogP) is 2.69. The third-order valence-corrected chi connectivity index (χ3v) is 3.65. The van der Waals surface area contributed by atoms with Crippen LogP contribution in [0, 0.1) is 11.3 Å². The molecule has 6 nitrogen and oxygen atoms in total. The quantitative estimate of drug-likeness (QED) is 0.772. The van der Waals surface area contributed by atoms with E-state index in [9.17, 15) is 4.79 Å². The molecule has 0 bridgehead atoms. The van der Waals surface area contributed by atoms with E-state index in [0.29, 0.717) is 36.6 Å². The first-order chi connectivity index (χ1) is 12.2. The first-order valence-corrected chi connectivity index (χ1v) is 7.88. The highest BCUT2D eigenvalue weighted by Crippen LogP contribution is 2.27. The average molecular weight is 339 g/mol. The zero-order valence-corrected chi connectivity index (χ0v) is 14.3. The summed E-state index contributed by atoms with van der Waals surface area (Å²) in [6.45, 7) is 0.866. The molecule has 0 fully saturated rings. The number of rotatable bonds is 8. The second kappa shape index (κ2) is 9.18. The van der Waals surface area contributed by atoms with Crippen LogP contribution >= 0.6 is 0 Å². The largest absolute Gasteiger partial charge is 0.493 e. The molecule has 0 aliphatic rings. The van der Waals surface area contributed by atoms with Crippen LogP contribution in [0.2, 0.25) is 0 Å². The summed E-state index contributed by atoms with van der Waals surface area (Å²) in [7, 11) is 3.15. The van der Waals surface area contributed by atoms with E-state index in [1.54, 1.807) is 32.4 Å². The lowest BCUT2D eigenvalue weighted by Gasteiger charge is -2.11. The summed E-state index contributed by atoms with van der Waals surface area (Å²) in [6, 6.07) is 14.8. The normalized spacial score (nSPS) is 9.80. The summed E-state index contributed by atoms with van der Waals surface area (Å²) in [4.78, 5) is 12.0. The van der Waals surface area contributed by atoms with Gasteiger partial charge in [0.1, 0.15) is 6.07 Å². The Kier molecular flexibility index (Phi) is 6.66. The number of para-hydroxylation sites is 1. The van der Waals surface area contributed by atoms with Crippen molar-refractivity contribution in [2.24, 2.45) is 0 Å². The monoisotopic (exact) mass is 339 g/mol. The third-order valence-electron chi connectivity index (χ3n) is 3.65. The molecule has 0 aliphatic carbocycles. The smallest absolute Gasteiger partial charge is 0.222 e. The van der Waals surface area contributed by atoms with Crippen molar-refractivity contribution in [3.63, 3.8) is 0 Å². The van der Waals surface area contributed by atoms with Crippen molar-refractivity contribution >= 4 is 11.6 Å². The van der Waals surface area contributed by atoms with Gasteiger partial charge in [-0.1, -0.05) is 18.2 Å². The van der Waals surface area contributed by atoms with E-state index in [0.717, 1.165) is 11.3 Å². The number of amides is 1. The van der Waals surface area contributed by atoms with E-state index >= 15 is 0 Å². The first kappa shape index (κ1) is 18.1. The Hall–Kier alpha value is -3.20. The minimum absolute atomic E-state index is 0.0725. The summed E-state index contributed by atoms with van der Waals surface area (Å²) in [5.74, 6) is 1.21. The Balaban J connectivity index is 1.80. The van der Waals surface area contributed by atoms with Crippen molar-refractivity contribution in [2.45, 2.75) is 13.0 Å². The van der Waals surface area contributed by atoms with Gasteiger partial charge in [-0.3, -0.25) is 4.79 Å². The highest BCUT2D eigenvalue weighted by atomic mass is 16.5. The van der Waals surface area contributed by atoms with Gasteiger partial charge in [-0.2, -0.15) is 5.26 Å². The first-order valence-electron chi connectivity index (χ1n) is 7.88. The van der Waals surface area contributed by atoms with E-state index in [-0.39, 0.29) is 5.91 Å². The molecule has 2 rings (SSSR count). The second-order valence-electron chi connectivity index (χ2n) is 5.30. The number of carbonyl (C=O) groups excluding carboxylic acids is 1. The summed E-state index contributed by atoms with van der Waals surface area (Å²) in [5.41, 5.74) is 2.22. The molecule has 2 aromatic rings. The van der Waals surface area contributed by atoms with Gasteiger partial charge in [-0.05, 0) is 29.8 Å². The van der Waals surface area contributed by atoms with Crippen LogP contribution in [-0.2, 0) is 11.3 Å². The van der Waals surface area contributed by atoms with Crippen LogP contribution in [0.1, 0.15) is 17.5 Å². The molecule has 0 aromatic heterocycles. The zero-order valence-electron chi connectivity index (χ0n) is 14.3. The Labute approximate surface area is 147 Å². The van der Waals surface area contributed by atoms with E-state index in [1.165, 1.54) is 0 Å². The van der Waals surface area contributed by atoms with E-state index in [2.05, 4.69) is 16.7 Å². The summed E-state index contributed by atoms with van der Waals surface area (Å²) in [6.07, 6.45) is 0.313. The van der Waals surface area contributed by atoms with E-state index < -0.39 is 0 Å². The number of hydrogen-bond donors (Lipinski definition) is 2. The minimum atomic E-state index is -0.0725. The van der Waals surface area contributed by atoms with Crippen molar-refractivity contribution in [1.29, 1.82) is 5.26 Å². The Morgan fingerprint density at radius 3 is 2.60 bits per heavy atom. The van der Waals surface area contributed by atoms with Gasteiger partial charge in [-0.25, -0.2) is 0 Å². The fraction of sp³-hybridized carbons (Fsp3) is 0.263. The van der Waals surface area contributed by atoms with Gasteiger partial charge in [0.05, 0.1) is 25.5 Å². The fourth-order valence-electron chi connectivity index (χ4n) is 2.33. The number of nitriles is 1. The molecule has 1 amide bonds. The minimum Gasteiger partial charge on any atom is -0.493 e.